The van der Waals surface area contributed by atoms with Gasteiger partial charge in [0.1, 0.15) is 12.1 Å². The van der Waals surface area contributed by atoms with E-state index < -0.39 is 45.1 Å². The third kappa shape index (κ3) is 43.1. The van der Waals surface area contributed by atoms with Crippen LogP contribution in [0.5, 0.6) is 0 Å². The molecule has 0 aromatic rings. The normalized spacial score (nSPS) is 14.6. The second kappa shape index (κ2) is 43.2. The number of hydrogen-bond acceptors (Lipinski definition) is 8. The minimum absolute atomic E-state index is 0.000371. The number of carboxylic acid groups (broad SMARTS) is 1. The van der Waals surface area contributed by atoms with Gasteiger partial charge in [0.05, 0.1) is 19.8 Å². The monoisotopic (exact) mass is 848 g/mol. The van der Waals surface area contributed by atoms with Crippen molar-refractivity contribution in [1.82, 2.24) is 0 Å². The number of phosphoric ester groups is 1. The lowest BCUT2D eigenvalue weighted by Crippen LogP contribution is -2.34. The van der Waals surface area contributed by atoms with E-state index in [0.717, 1.165) is 103 Å². The lowest BCUT2D eigenvalue weighted by Gasteiger charge is -2.20. The van der Waals surface area contributed by atoms with Gasteiger partial charge in [-0.1, -0.05) is 163 Å². The van der Waals surface area contributed by atoms with Crippen molar-refractivity contribution in [3.8, 4) is 0 Å². The van der Waals surface area contributed by atoms with Crippen LogP contribution in [-0.4, -0.2) is 60.5 Å². The van der Waals surface area contributed by atoms with Crippen molar-refractivity contribution in [2.45, 2.75) is 180 Å². The molecule has 0 saturated carbocycles. The zero-order valence-corrected chi connectivity index (χ0v) is 37.7. The Labute approximate surface area is 358 Å². The average molecular weight is 848 g/mol. The van der Waals surface area contributed by atoms with Crippen molar-refractivity contribution in [3.63, 3.8) is 0 Å². The van der Waals surface area contributed by atoms with Gasteiger partial charge in [-0.05, 0) is 83.5 Å². The highest BCUT2D eigenvalue weighted by molar-refractivity contribution is 7.47. The van der Waals surface area contributed by atoms with Crippen molar-refractivity contribution < 1.29 is 42.7 Å². The smallest absolute Gasteiger partial charge is 0.472 e. The average Bonchev–Trinajstić information content (AvgIpc) is 3.21. The van der Waals surface area contributed by atoms with Gasteiger partial charge in [-0.15, -0.1) is 0 Å². The minimum Gasteiger partial charge on any atom is -0.480 e. The Morgan fingerprint density at radius 2 is 0.932 bits per heavy atom. The summed E-state index contributed by atoms with van der Waals surface area (Å²) in [5, 5.41) is 8.91. The molecule has 0 aliphatic rings. The number of aliphatic carboxylic acids is 1. The number of unbranched alkanes of at least 4 members (excludes halogenated alkanes) is 14. The first-order valence-corrected chi connectivity index (χ1v) is 24.1. The van der Waals surface area contributed by atoms with E-state index in [9.17, 15) is 19.0 Å². The molecule has 0 amide bonds. The lowest BCUT2D eigenvalue weighted by molar-refractivity contribution is -0.154. The van der Waals surface area contributed by atoms with Crippen LogP contribution in [0.15, 0.2) is 85.1 Å². The van der Waals surface area contributed by atoms with E-state index in [2.05, 4.69) is 98.9 Å². The van der Waals surface area contributed by atoms with Gasteiger partial charge in [0, 0.05) is 13.0 Å². The lowest BCUT2D eigenvalue weighted by atomic mass is 10.1. The van der Waals surface area contributed by atoms with E-state index in [-0.39, 0.29) is 13.0 Å². The molecular formula is C48H82NO9P. The van der Waals surface area contributed by atoms with Crippen LogP contribution in [0, 0.1) is 0 Å². The number of allylic oxidation sites excluding steroid dienone is 14. The fourth-order valence-electron chi connectivity index (χ4n) is 5.73. The number of carbonyl (C=O) groups is 2. The zero-order valence-electron chi connectivity index (χ0n) is 36.8. The minimum atomic E-state index is -4.63. The molecular weight excluding hydrogens is 766 g/mol. The van der Waals surface area contributed by atoms with E-state index >= 15 is 0 Å². The summed E-state index contributed by atoms with van der Waals surface area (Å²) in [6.07, 6.45) is 54.9. The molecule has 0 aromatic heterocycles. The summed E-state index contributed by atoms with van der Waals surface area (Å²) in [6, 6.07) is -1.48. The number of esters is 1. The standard InChI is InChI=1S/C48H82NO9P/c1-3-5-7-9-11-13-15-17-19-21-22-23-24-25-26-28-30-32-34-36-38-40-47(50)58-45(43-56-59(53,54)57-44-46(49)48(51)52)42-55-41-39-37-35-33-31-29-27-20-18-16-14-12-10-8-6-4-2/h5-8,11-14,17-20,22-23,45-46H,3-4,9-10,15-16,21,24-44,49H2,1-2H3,(H,51,52)(H,53,54)/b7-5-,8-6-,13-11-,14-12-,19-17-,20-18-,23-22-. The number of hydrogen-bond donors (Lipinski definition) is 3. The summed E-state index contributed by atoms with van der Waals surface area (Å²) in [7, 11) is -4.63. The van der Waals surface area contributed by atoms with Gasteiger partial charge in [-0.2, -0.15) is 0 Å². The highest BCUT2D eigenvalue weighted by Crippen LogP contribution is 2.43. The number of nitrogens with two attached hydrogens (primary N) is 1. The highest BCUT2D eigenvalue weighted by atomic mass is 31.2. The second-order valence-corrected chi connectivity index (χ2v) is 16.2. The topological polar surface area (TPSA) is 155 Å². The van der Waals surface area contributed by atoms with E-state index in [1.165, 1.54) is 38.5 Å². The molecule has 0 radical (unpaired) electrons. The van der Waals surface area contributed by atoms with Crippen molar-refractivity contribution >= 4 is 19.8 Å². The van der Waals surface area contributed by atoms with Crippen molar-refractivity contribution in [2.75, 3.05) is 26.4 Å². The van der Waals surface area contributed by atoms with Gasteiger partial charge in [-0.25, -0.2) is 4.57 Å². The molecule has 0 aliphatic carbocycles. The highest BCUT2D eigenvalue weighted by Gasteiger charge is 2.27. The summed E-state index contributed by atoms with van der Waals surface area (Å²) < 4.78 is 33.4. The van der Waals surface area contributed by atoms with Gasteiger partial charge in [-0.3, -0.25) is 18.6 Å². The second-order valence-electron chi connectivity index (χ2n) is 14.8. The molecule has 338 valence electrons. The Bertz CT molecular complexity index is 1260. The van der Waals surface area contributed by atoms with Crippen molar-refractivity contribution in [2.24, 2.45) is 5.73 Å². The summed E-state index contributed by atoms with van der Waals surface area (Å²) in [4.78, 5) is 33.6. The third-order valence-electron chi connectivity index (χ3n) is 9.17. The quantitative estimate of drug-likeness (QED) is 0.0234. The van der Waals surface area contributed by atoms with E-state index in [0.29, 0.717) is 13.0 Å². The van der Waals surface area contributed by atoms with E-state index in [4.69, 9.17) is 29.4 Å². The maximum atomic E-state index is 12.7. The number of carbonyl (C=O) groups excluding carboxylic acids is 1. The molecule has 0 aliphatic heterocycles. The van der Waals surface area contributed by atoms with Gasteiger partial charge in [0.2, 0.25) is 0 Å². The van der Waals surface area contributed by atoms with Gasteiger partial charge in [0.15, 0.2) is 0 Å². The van der Waals surface area contributed by atoms with E-state index in [1.807, 2.05) is 0 Å². The largest absolute Gasteiger partial charge is 0.480 e. The maximum absolute atomic E-state index is 12.7. The molecule has 4 N–H and O–H groups in total. The molecule has 0 spiro atoms. The first-order valence-electron chi connectivity index (χ1n) is 22.6. The SMILES string of the molecule is CC/C=C\C/C=C\C/C=C\C/C=C\CCCCCCCCCCC(=O)OC(COCCCCCCCC/C=C\C/C=C\C/C=C\CC)COP(=O)(O)OCC(N)C(=O)O. The number of rotatable bonds is 42. The van der Waals surface area contributed by atoms with Crippen LogP contribution < -0.4 is 5.73 Å². The van der Waals surface area contributed by atoms with Crippen molar-refractivity contribution in [1.29, 1.82) is 0 Å². The molecule has 59 heavy (non-hydrogen) atoms. The Balaban J connectivity index is 4.26. The number of phosphoric acid groups is 1. The van der Waals surface area contributed by atoms with Gasteiger partial charge >= 0.3 is 19.8 Å². The van der Waals surface area contributed by atoms with Gasteiger partial charge < -0.3 is 25.2 Å². The van der Waals surface area contributed by atoms with Crippen LogP contribution >= 0.6 is 7.82 Å². The van der Waals surface area contributed by atoms with Crippen molar-refractivity contribution in [3.05, 3.63) is 85.1 Å². The third-order valence-corrected chi connectivity index (χ3v) is 10.1. The Hall–Kier alpha value is -2.85. The summed E-state index contributed by atoms with van der Waals surface area (Å²) in [5.41, 5.74) is 5.36. The molecule has 0 saturated heterocycles. The first kappa shape index (κ1) is 56.1. The Kier molecular flexibility index (Phi) is 41.2. The van der Waals surface area contributed by atoms with Crippen LogP contribution in [0.1, 0.15) is 168 Å². The van der Waals surface area contributed by atoms with Crippen LogP contribution in [0.2, 0.25) is 0 Å². The number of ether oxygens (including phenoxy) is 2. The molecule has 3 atom stereocenters. The number of carboxylic acids is 1. The predicted octanol–water partition coefficient (Wildman–Crippen LogP) is 12.8. The van der Waals surface area contributed by atoms with Crippen LogP contribution in [0.3, 0.4) is 0 Å². The van der Waals surface area contributed by atoms with Gasteiger partial charge in [0.25, 0.3) is 0 Å². The summed E-state index contributed by atoms with van der Waals surface area (Å²) >= 11 is 0. The van der Waals surface area contributed by atoms with Crippen LogP contribution in [0.4, 0.5) is 0 Å². The van der Waals surface area contributed by atoms with E-state index in [1.54, 1.807) is 0 Å². The molecule has 0 rings (SSSR count). The Morgan fingerprint density at radius 3 is 1.39 bits per heavy atom. The molecule has 0 bridgehead atoms. The summed E-state index contributed by atoms with van der Waals surface area (Å²) in [6.45, 7) is 3.60. The molecule has 3 unspecified atom stereocenters. The molecule has 11 heteroatoms. The first-order chi connectivity index (χ1) is 28.7. The molecule has 10 nitrogen and oxygen atoms in total. The molecule has 0 aromatic carbocycles. The fraction of sp³-hybridized carbons (Fsp3) is 0.667. The molecule has 0 fully saturated rings. The maximum Gasteiger partial charge on any atom is 0.472 e. The van der Waals surface area contributed by atoms with Crippen LogP contribution in [0.25, 0.3) is 0 Å². The summed E-state index contributed by atoms with van der Waals surface area (Å²) in [5.74, 6) is -1.80. The Morgan fingerprint density at radius 1 is 0.542 bits per heavy atom. The zero-order chi connectivity index (χ0) is 43.3. The fourth-order valence-corrected chi connectivity index (χ4v) is 6.50. The van der Waals surface area contributed by atoms with Crippen LogP contribution in [-0.2, 0) is 32.7 Å². The molecule has 0 heterocycles. The predicted molar refractivity (Wildman–Crippen MR) is 244 cm³/mol.